The van der Waals surface area contributed by atoms with Crippen LogP contribution in [0.3, 0.4) is 0 Å². The lowest BCUT2D eigenvalue weighted by Crippen LogP contribution is -2.25. The van der Waals surface area contributed by atoms with E-state index in [1.165, 1.54) is 0 Å². The minimum atomic E-state index is -0.840. The highest BCUT2D eigenvalue weighted by Gasteiger charge is 2.37. The largest absolute Gasteiger partial charge is 0.481 e. The van der Waals surface area contributed by atoms with Crippen LogP contribution < -0.4 is 0 Å². The fourth-order valence-electron chi connectivity index (χ4n) is 2.50. The molecule has 1 aromatic rings. The van der Waals surface area contributed by atoms with Crippen LogP contribution in [0.4, 0.5) is 0 Å². The molecule has 3 nitrogen and oxygen atoms in total. The Morgan fingerprint density at radius 1 is 1.12 bits per heavy atom. The summed E-state index contributed by atoms with van der Waals surface area (Å²) in [6.07, 6.45) is 2.15. The number of carboxylic acids is 1. The second-order valence-corrected chi connectivity index (χ2v) is 4.71. The van der Waals surface area contributed by atoms with Crippen LogP contribution in [0.25, 0.3) is 0 Å². The van der Waals surface area contributed by atoms with Crippen LogP contribution >= 0.6 is 0 Å². The minimum Gasteiger partial charge on any atom is -0.481 e. The Balaban J connectivity index is 2.19. The van der Waals surface area contributed by atoms with E-state index in [9.17, 15) is 9.59 Å². The highest BCUT2D eigenvalue weighted by atomic mass is 16.4. The number of rotatable bonds is 3. The molecule has 1 fully saturated rings. The lowest BCUT2D eigenvalue weighted by molar-refractivity contribution is -0.142. The molecule has 2 rings (SSSR count). The maximum atomic E-state index is 12.2. The first-order valence-electron chi connectivity index (χ1n) is 5.93. The number of hydrogen-bond acceptors (Lipinski definition) is 2. The lowest BCUT2D eigenvalue weighted by atomic mass is 9.88. The Hall–Kier alpha value is -1.64. The van der Waals surface area contributed by atoms with Gasteiger partial charge in [0.15, 0.2) is 5.78 Å². The van der Waals surface area contributed by atoms with Gasteiger partial charge in [-0.1, -0.05) is 36.2 Å². The number of aliphatic carboxylic acids is 1. The van der Waals surface area contributed by atoms with Gasteiger partial charge in [0, 0.05) is 11.5 Å². The van der Waals surface area contributed by atoms with Crippen molar-refractivity contribution in [2.24, 2.45) is 11.8 Å². The topological polar surface area (TPSA) is 54.4 Å². The zero-order chi connectivity index (χ0) is 12.4. The van der Waals surface area contributed by atoms with Gasteiger partial charge < -0.3 is 5.11 Å². The molecule has 1 aliphatic carbocycles. The quantitative estimate of drug-likeness (QED) is 0.815. The van der Waals surface area contributed by atoms with E-state index in [4.69, 9.17) is 5.11 Å². The van der Waals surface area contributed by atoms with Gasteiger partial charge in [-0.3, -0.25) is 9.59 Å². The molecule has 0 unspecified atom stereocenters. The molecule has 1 aliphatic rings. The molecule has 2 atom stereocenters. The van der Waals surface area contributed by atoms with Crippen molar-refractivity contribution in [2.45, 2.75) is 26.2 Å². The summed E-state index contributed by atoms with van der Waals surface area (Å²) in [4.78, 5) is 23.3. The maximum Gasteiger partial charge on any atom is 0.307 e. The summed E-state index contributed by atoms with van der Waals surface area (Å²) in [6.45, 7) is 1.96. The number of hydrogen-bond donors (Lipinski definition) is 1. The molecule has 1 aromatic carbocycles. The summed E-state index contributed by atoms with van der Waals surface area (Å²) in [6, 6.07) is 7.35. The molecule has 0 bridgehead atoms. The molecule has 0 aromatic heterocycles. The van der Waals surface area contributed by atoms with E-state index in [2.05, 4.69) is 0 Å². The van der Waals surface area contributed by atoms with Gasteiger partial charge in [0.2, 0.25) is 0 Å². The van der Waals surface area contributed by atoms with E-state index < -0.39 is 11.9 Å². The Morgan fingerprint density at radius 3 is 2.29 bits per heavy atom. The van der Waals surface area contributed by atoms with Crippen molar-refractivity contribution in [1.29, 1.82) is 0 Å². The SMILES string of the molecule is Cc1ccc(C(=O)[C@@H]2CCC[C@@H]2C(=O)O)cc1. The molecule has 1 saturated carbocycles. The lowest BCUT2D eigenvalue weighted by Gasteiger charge is -2.14. The maximum absolute atomic E-state index is 12.2. The molecule has 3 heteroatoms. The van der Waals surface area contributed by atoms with E-state index in [1.54, 1.807) is 12.1 Å². The van der Waals surface area contributed by atoms with Crippen LogP contribution in [0.15, 0.2) is 24.3 Å². The van der Waals surface area contributed by atoms with Crippen molar-refractivity contribution in [3.63, 3.8) is 0 Å². The van der Waals surface area contributed by atoms with Gasteiger partial charge in [0.05, 0.1) is 5.92 Å². The first-order valence-corrected chi connectivity index (χ1v) is 5.93. The fourth-order valence-corrected chi connectivity index (χ4v) is 2.50. The average molecular weight is 232 g/mol. The number of benzene rings is 1. The molecule has 0 saturated heterocycles. The van der Waals surface area contributed by atoms with Crippen molar-refractivity contribution in [2.75, 3.05) is 0 Å². The summed E-state index contributed by atoms with van der Waals surface area (Å²) in [5.41, 5.74) is 1.73. The number of carboxylic acid groups (broad SMARTS) is 1. The van der Waals surface area contributed by atoms with E-state index in [-0.39, 0.29) is 11.7 Å². The zero-order valence-corrected chi connectivity index (χ0v) is 9.85. The molecule has 90 valence electrons. The second kappa shape index (κ2) is 4.70. The third-order valence-electron chi connectivity index (χ3n) is 3.51. The van der Waals surface area contributed by atoms with Crippen molar-refractivity contribution in [3.05, 3.63) is 35.4 Å². The molecule has 17 heavy (non-hydrogen) atoms. The van der Waals surface area contributed by atoms with Crippen LogP contribution in [0.5, 0.6) is 0 Å². The van der Waals surface area contributed by atoms with Crippen molar-refractivity contribution >= 4 is 11.8 Å². The summed E-state index contributed by atoms with van der Waals surface area (Å²) in [7, 11) is 0. The first-order chi connectivity index (χ1) is 8.09. The predicted octanol–water partition coefficient (Wildman–Crippen LogP) is 2.68. The number of aryl methyl sites for hydroxylation is 1. The summed E-state index contributed by atoms with van der Waals surface area (Å²) < 4.78 is 0. The van der Waals surface area contributed by atoms with Gasteiger partial charge in [-0.05, 0) is 19.8 Å². The van der Waals surface area contributed by atoms with Crippen LogP contribution in [0, 0.1) is 18.8 Å². The fraction of sp³-hybridized carbons (Fsp3) is 0.429. The molecular formula is C14H16O3. The van der Waals surface area contributed by atoms with Gasteiger partial charge in [-0.15, -0.1) is 0 Å². The summed E-state index contributed by atoms with van der Waals surface area (Å²) in [5, 5.41) is 9.07. The minimum absolute atomic E-state index is 0.0186. The highest BCUT2D eigenvalue weighted by molar-refractivity contribution is 6.00. The summed E-state index contributed by atoms with van der Waals surface area (Å²) >= 11 is 0. The van der Waals surface area contributed by atoms with Crippen molar-refractivity contribution in [1.82, 2.24) is 0 Å². The van der Waals surface area contributed by atoms with Crippen LogP contribution in [-0.2, 0) is 4.79 Å². The number of carbonyl (C=O) groups excluding carboxylic acids is 1. The molecule has 0 radical (unpaired) electrons. The molecule has 0 spiro atoms. The molecule has 1 N–H and O–H groups in total. The smallest absolute Gasteiger partial charge is 0.307 e. The van der Waals surface area contributed by atoms with E-state index in [1.807, 2.05) is 19.1 Å². The third-order valence-corrected chi connectivity index (χ3v) is 3.51. The van der Waals surface area contributed by atoms with Gasteiger partial charge in [0.1, 0.15) is 0 Å². The van der Waals surface area contributed by atoms with Crippen LogP contribution in [-0.4, -0.2) is 16.9 Å². The highest BCUT2D eigenvalue weighted by Crippen LogP contribution is 2.34. The Bertz CT molecular complexity index is 433. The average Bonchev–Trinajstić information content (AvgIpc) is 2.78. The molecule has 0 aliphatic heterocycles. The molecule has 0 heterocycles. The number of Topliss-reactive ketones (excluding diaryl/α,β-unsaturated/α-hetero) is 1. The Morgan fingerprint density at radius 2 is 1.71 bits per heavy atom. The third kappa shape index (κ3) is 2.38. The zero-order valence-electron chi connectivity index (χ0n) is 9.85. The molecule has 0 amide bonds. The summed E-state index contributed by atoms with van der Waals surface area (Å²) in [5.74, 6) is -1.69. The van der Waals surface area contributed by atoms with E-state index in [0.29, 0.717) is 18.4 Å². The standard InChI is InChI=1S/C14H16O3/c1-9-5-7-10(8-6-9)13(15)11-3-2-4-12(11)14(16)17/h5-8,11-12H,2-4H2,1H3,(H,16,17)/t11-,12+/m1/s1. The Kier molecular flexibility index (Phi) is 3.27. The first kappa shape index (κ1) is 11.8. The predicted molar refractivity (Wildman–Crippen MR) is 64.0 cm³/mol. The van der Waals surface area contributed by atoms with E-state index in [0.717, 1.165) is 12.0 Å². The monoisotopic (exact) mass is 232 g/mol. The Labute approximate surface area is 100 Å². The van der Waals surface area contributed by atoms with E-state index >= 15 is 0 Å². The van der Waals surface area contributed by atoms with Gasteiger partial charge in [-0.25, -0.2) is 0 Å². The van der Waals surface area contributed by atoms with Crippen LogP contribution in [0.1, 0.15) is 35.2 Å². The van der Waals surface area contributed by atoms with Crippen molar-refractivity contribution in [3.8, 4) is 0 Å². The van der Waals surface area contributed by atoms with Gasteiger partial charge >= 0.3 is 5.97 Å². The van der Waals surface area contributed by atoms with Gasteiger partial charge in [-0.2, -0.15) is 0 Å². The van der Waals surface area contributed by atoms with Crippen LogP contribution in [0.2, 0.25) is 0 Å². The van der Waals surface area contributed by atoms with Crippen molar-refractivity contribution < 1.29 is 14.7 Å². The normalized spacial score (nSPS) is 23.6. The second-order valence-electron chi connectivity index (χ2n) is 4.71. The molecular weight excluding hydrogens is 216 g/mol. The number of carbonyl (C=O) groups is 2. The number of ketones is 1. The van der Waals surface area contributed by atoms with Gasteiger partial charge in [0.25, 0.3) is 0 Å².